The molecule has 4 heteroatoms. The SMILES string of the molecule is CN(C)C1=C(Cl)CC(N)(Cl)C=C1. The first kappa shape index (κ1) is 9.90. The van der Waals surface area contributed by atoms with Crippen molar-refractivity contribution in [3.63, 3.8) is 0 Å². The predicted molar refractivity (Wildman–Crippen MR) is 53.1 cm³/mol. The number of allylic oxidation sites excluding steroid dienone is 1. The molecule has 0 heterocycles. The number of nitrogens with zero attached hydrogens (tertiary/aromatic N) is 1. The van der Waals surface area contributed by atoms with E-state index in [0.717, 1.165) is 5.70 Å². The fraction of sp³-hybridized carbons (Fsp3) is 0.500. The van der Waals surface area contributed by atoms with Crippen LogP contribution in [0.5, 0.6) is 0 Å². The van der Waals surface area contributed by atoms with Gasteiger partial charge >= 0.3 is 0 Å². The third kappa shape index (κ3) is 2.16. The van der Waals surface area contributed by atoms with Crippen molar-refractivity contribution < 1.29 is 0 Å². The minimum Gasteiger partial charge on any atom is -0.377 e. The van der Waals surface area contributed by atoms with Crippen molar-refractivity contribution in [3.05, 3.63) is 22.9 Å². The van der Waals surface area contributed by atoms with Crippen LogP contribution in [0, 0.1) is 0 Å². The van der Waals surface area contributed by atoms with E-state index in [4.69, 9.17) is 28.9 Å². The molecule has 0 aliphatic heterocycles. The van der Waals surface area contributed by atoms with Gasteiger partial charge in [-0.2, -0.15) is 0 Å². The fourth-order valence-corrected chi connectivity index (χ4v) is 1.81. The molecule has 0 aromatic heterocycles. The van der Waals surface area contributed by atoms with E-state index in [2.05, 4.69) is 0 Å². The highest BCUT2D eigenvalue weighted by molar-refractivity contribution is 6.32. The zero-order valence-electron chi connectivity index (χ0n) is 7.14. The van der Waals surface area contributed by atoms with E-state index in [-0.39, 0.29) is 0 Å². The summed E-state index contributed by atoms with van der Waals surface area (Å²) in [4.78, 5) is 1.13. The summed E-state index contributed by atoms with van der Waals surface area (Å²) in [6.07, 6.45) is 4.09. The number of nitrogens with two attached hydrogens (primary N) is 1. The van der Waals surface area contributed by atoms with Crippen molar-refractivity contribution >= 4 is 23.2 Å². The molecule has 1 rings (SSSR count). The van der Waals surface area contributed by atoms with Crippen molar-refractivity contribution in [2.24, 2.45) is 5.73 Å². The molecule has 2 nitrogen and oxygen atoms in total. The molecular weight excluding hydrogens is 195 g/mol. The Labute approximate surface area is 82.6 Å². The van der Waals surface area contributed by atoms with Gasteiger partial charge in [0, 0.05) is 25.5 Å². The smallest absolute Gasteiger partial charge is 0.115 e. The standard InChI is InChI=1S/C8H12Cl2N2/c1-12(2)7-3-4-8(10,11)5-6(7)9/h3-4H,5,11H2,1-2H3. The van der Waals surface area contributed by atoms with E-state index in [9.17, 15) is 0 Å². The Kier molecular flexibility index (Phi) is 2.71. The first-order valence-corrected chi connectivity index (χ1v) is 4.41. The first-order valence-electron chi connectivity index (χ1n) is 3.65. The maximum atomic E-state index is 5.98. The summed E-state index contributed by atoms with van der Waals surface area (Å²) >= 11 is 11.9. The Bertz CT molecular complexity index is 241. The summed E-state index contributed by atoms with van der Waals surface area (Å²) in [5.41, 5.74) is 6.64. The number of hydrogen-bond acceptors (Lipinski definition) is 2. The van der Waals surface area contributed by atoms with Crippen molar-refractivity contribution in [3.8, 4) is 0 Å². The van der Waals surface area contributed by atoms with Crippen LogP contribution in [0.3, 0.4) is 0 Å². The van der Waals surface area contributed by atoms with Crippen molar-refractivity contribution in [2.45, 2.75) is 11.4 Å². The number of rotatable bonds is 1. The summed E-state index contributed by atoms with van der Waals surface area (Å²) in [5.74, 6) is 0. The second-order valence-corrected chi connectivity index (χ2v) is 4.28. The maximum absolute atomic E-state index is 5.98. The molecule has 0 fully saturated rings. The lowest BCUT2D eigenvalue weighted by Gasteiger charge is -2.26. The van der Waals surface area contributed by atoms with Gasteiger partial charge in [0.05, 0.1) is 5.70 Å². The number of halogens is 2. The molecule has 1 aliphatic carbocycles. The Balaban J connectivity index is 2.88. The van der Waals surface area contributed by atoms with Gasteiger partial charge in [-0.05, 0) is 12.2 Å². The normalized spacial score (nSPS) is 29.4. The fourth-order valence-electron chi connectivity index (χ4n) is 1.09. The summed E-state index contributed by atoms with van der Waals surface area (Å²) in [6, 6.07) is 0. The third-order valence-electron chi connectivity index (χ3n) is 1.70. The summed E-state index contributed by atoms with van der Waals surface area (Å²) in [6.45, 7) is 0. The average Bonchev–Trinajstić information content (AvgIpc) is 1.83. The molecule has 1 atom stereocenters. The molecule has 0 radical (unpaired) electrons. The molecule has 1 aliphatic rings. The van der Waals surface area contributed by atoms with Gasteiger partial charge in [-0.25, -0.2) is 0 Å². The maximum Gasteiger partial charge on any atom is 0.115 e. The Morgan fingerprint density at radius 3 is 2.58 bits per heavy atom. The van der Waals surface area contributed by atoms with Crippen molar-refractivity contribution in [1.82, 2.24) is 4.90 Å². The van der Waals surface area contributed by atoms with E-state index in [1.807, 2.05) is 25.1 Å². The first-order chi connectivity index (χ1) is 5.42. The Morgan fingerprint density at radius 2 is 2.17 bits per heavy atom. The van der Waals surface area contributed by atoms with E-state index >= 15 is 0 Å². The summed E-state index contributed by atoms with van der Waals surface area (Å²) in [5, 5.41) is 0.708. The van der Waals surface area contributed by atoms with Crippen LogP contribution < -0.4 is 5.73 Å². The molecular formula is C8H12Cl2N2. The largest absolute Gasteiger partial charge is 0.377 e. The zero-order chi connectivity index (χ0) is 9.35. The van der Waals surface area contributed by atoms with Gasteiger partial charge in [0.15, 0.2) is 0 Å². The molecule has 2 N–H and O–H groups in total. The van der Waals surface area contributed by atoms with Crippen LogP contribution in [0.4, 0.5) is 0 Å². The molecule has 0 saturated heterocycles. The van der Waals surface area contributed by atoms with Gasteiger partial charge in [0.1, 0.15) is 5.00 Å². The van der Waals surface area contributed by atoms with Gasteiger partial charge < -0.3 is 10.6 Å². The lowest BCUT2D eigenvalue weighted by molar-refractivity contribution is 0.515. The van der Waals surface area contributed by atoms with Crippen LogP contribution >= 0.6 is 23.2 Å². The lowest BCUT2D eigenvalue weighted by Crippen LogP contribution is -2.33. The average molecular weight is 207 g/mol. The molecule has 68 valence electrons. The molecule has 0 saturated carbocycles. The van der Waals surface area contributed by atoms with Crippen LogP contribution in [0.2, 0.25) is 0 Å². The van der Waals surface area contributed by atoms with Crippen LogP contribution in [-0.2, 0) is 0 Å². The minimum atomic E-state index is -0.809. The molecule has 0 spiro atoms. The second-order valence-electron chi connectivity index (χ2n) is 3.12. The minimum absolute atomic E-state index is 0.486. The lowest BCUT2D eigenvalue weighted by atomic mass is 10.1. The summed E-state index contributed by atoms with van der Waals surface area (Å²) in [7, 11) is 3.86. The van der Waals surface area contributed by atoms with E-state index < -0.39 is 5.00 Å². The van der Waals surface area contributed by atoms with Crippen LogP contribution in [-0.4, -0.2) is 24.0 Å². The van der Waals surface area contributed by atoms with Gasteiger partial charge in [0.25, 0.3) is 0 Å². The number of alkyl halides is 1. The van der Waals surface area contributed by atoms with Gasteiger partial charge in [0.2, 0.25) is 0 Å². The molecule has 1 unspecified atom stereocenters. The highest BCUT2D eigenvalue weighted by atomic mass is 35.5. The van der Waals surface area contributed by atoms with E-state index in [1.165, 1.54) is 0 Å². The molecule has 0 amide bonds. The Hall–Kier alpha value is -0.180. The second kappa shape index (κ2) is 3.29. The highest BCUT2D eigenvalue weighted by Gasteiger charge is 2.24. The van der Waals surface area contributed by atoms with E-state index in [0.29, 0.717) is 11.5 Å². The number of likely N-dealkylation sites (N-methyl/N-ethyl adjacent to an activating group) is 1. The summed E-state index contributed by atoms with van der Waals surface area (Å²) < 4.78 is 0. The van der Waals surface area contributed by atoms with Crippen LogP contribution in [0.25, 0.3) is 0 Å². The van der Waals surface area contributed by atoms with Gasteiger partial charge in [-0.3, -0.25) is 0 Å². The monoisotopic (exact) mass is 206 g/mol. The molecule has 0 bridgehead atoms. The predicted octanol–water partition coefficient (Wildman–Crippen LogP) is 1.85. The third-order valence-corrected chi connectivity index (χ3v) is 2.29. The van der Waals surface area contributed by atoms with E-state index in [1.54, 1.807) is 6.08 Å². The van der Waals surface area contributed by atoms with Crippen LogP contribution in [0.1, 0.15) is 6.42 Å². The molecule has 0 aromatic carbocycles. The van der Waals surface area contributed by atoms with Crippen molar-refractivity contribution in [1.29, 1.82) is 0 Å². The topological polar surface area (TPSA) is 29.3 Å². The molecule has 0 aromatic rings. The van der Waals surface area contributed by atoms with Gasteiger partial charge in [-0.1, -0.05) is 23.2 Å². The molecule has 12 heavy (non-hydrogen) atoms. The Morgan fingerprint density at radius 1 is 1.58 bits per heavy atom. The number of hydrogen-bond donors (Lipinski definition) is 1. The highest BCUT2D eigenvalue weighted by Crippen LogP contribution is 2.31. The van der Waals surface area contributed by atoms with Gasteiger partial charge in [-0.15, -0.1) is 0 Å². The van der Waals surface area contributed by atoms with Crippen molar-refractivity contribution in [2.75, 3.05) is 14.1 Å². The quantitative estimate of drug-likeness (QED) is 0.525. The van der Waals surface area contributed by atoms with Crippen LogP contribution in [0.15, 0.2) is 22.9 Å². The zero-order valence-corrected chi connectivity index (χ0v) is 8.65.